The summed E-state index contributed by atoms with van der Waals surface area (Å²) in [5.41, 5.74) is -1.40. The standard InChI is InChI=1S/C14H20BFN2O4/c1-9(6-18-7-10(12(19)20)17-8-18)11(16)15-21-13(2,3)14(4,5)22-15/h7-8H,6H2,1-5H3,(H,19,20). The maximum atomic E-state index is 14.5. The summed E-state index contributed by atoms with van der Waals surface area (Å²) in [6.07, 6.45) is 2.70. The molecule has 1 aliphatic rings. The molecule has 1 fully saturated rings. The minimum atomic E-state index is -1.12. The fourth-order valence-electron chi connectivity index (χ4n) is 2.05. The Labute approximate surface area is 129 Å². The highest BCUT2D eigenvalue weighted by Gasteiger charge is 2.53. The van der Waals surface area contributed by atoms with E-state index in [9.17, 15) is 9.18 Å². The van der Waals surface area contributed by atoms with E-state index in [0.717, 1.165) is 0 Å². The fraction of sp³-hybridized carbons (Fsp3) is 0.571. The first-order chi connectivity index (χ1) is 10.0. The van der Waals surface area contributed by atoms with E-state index in [1.54, 1.807) is 6.92 Å². The van der Waals surface area contributed by atoms with Crippen molar-refractivity contribution in [2.75, 3.05) is 0 Å². The monoisotopic (exact) mass is 310 g/mol. The summed E-state index contributed by atoms with van der Waals surface area (Å²) in [7, 11) is -1.05. The van der Waals surface area contributed by atoms with Crippen LogP contribution in [-0.4, -0.2) is 38.9 Å². The predicted molar refractivity (Wildman–Crippen MR) is 79.1 cm³/mol. The molecule has 1 N–H and O–H groups in total. The lowest BCUT2D eigenvalue weighted by Crippen LogP contribution is -2.41. The molecule has 0 unspecified atom stereocenters. The zero-order valence-electron chi connectivity index (χ0n) is 13.4. The lowest BCUT2D eigenvalue weighted by Gasteiger charge is -2.32. The highest BCUT2D eigenvalue weighted by Crippen LogP contribution is 2.39. The summed E-state index contributed by atoms with van der Waals surface area (Å²) < 4.78 is 27.3. The number of aromatic carboxylic acids is 1. The van der Waals surface area contributed by atoms with Gasteiger partial charge in [0, 0.05) is 12.7 Å². The Kier molecular flexibility index (Phi) is 4.19. The van der Waals surface area contributed by atoms with Gasteiger partial charge in [-0.3, -0.25) is 0 Å². The van der Waals surface area contributed by atoms with E-state index in [1.807, 2.05) is 27.7 Å². The second-order valence-electron chi connectivity index (χ2n) is 6.45. The van der Waals surface area contributed by atoms with Crippen LogP contribution in [-0.2, 0) is 15.9 Å². The number of carboxylic acids is 1. The largest absolute Gasteiger partial charge is 0.525 e. The number of carboxylic acid groups (broad SMARTS) is 1. The van der Waals surface area contributed by atoms with Crippen molar-refractivity contribution in [1.29, 1.82) is 0 Å². The number of nitrogens with zero attached hydrogens (tertiary/aromatic N) is 2. The quantitative estimate of drug-likeness (QED) is 0.865. The second kappa shape index (κ2) is 5.51. The average molecular weight is 310 g/mol. The molecule has 2 rings (SSSR count). The topological polar surface area (TPSA) is 73.6 Å². The van der Waals surface area contributed by atoms with Crippen LogP contribution in [0.4, 0.5) is 4.39 Å². The van der Waals surface area contributed by atoms with Gasteiger partial charge in [0.15, 0.2) is 5.69 Å². The molecule has 120 valence electrons. The summed E-state index contributed by atoms with van der Waals surface area (Å²) in [5, 5.41) is 8.83. The maximum absolute atomic E-state index is 14.5. The summed E-state index contributed by atoms with van der Waals surface area (Å²) in [4.78, 5) is 14.5. The minimum Gasteiger partial charge on any atom is -0.476 e. The molecule has 0 aromatic carbocycles. The first-order valence-electron chi connectivity index (χ1n) is 6.99. The van der Waals surface area contributed by atoms with Gasteiger partial charge in [0.2, 0.25) is 0 Å². The third-order valence-electron chi connectivity index (χ3n) is 4.14. The van der Waals surface area contributed by atoms with Gasteiger partial charge >= 0.3 is 13.1 Å². The number of rotatable bonds is 4. The number of carbonyl (C=O) groups is 1. The van der Waals surface area contributed by atoms with Crippen molar-refractivity contribution in [3.05, 3.63) is 29.5 Å². The van der Waals surface area contributed by atoms with Crippen LogP contribution in [0.3, 0.4) is 0 Å². The van der Waals surface area contributed by atoms with Crippen molar-refractivity contribution in [2.45, 2.75) is 52.4 Å². The molecule has 8 heteroatoms. The molecule has 2 heterocycles. The van der Waals surface area contributed by atoms with Crippen molar-refractivity contribution in [3.8, 4) is 0 Å². The predicted octanol–water partition coefficient (Wildman–Crippen LogP) is 2.46. The van der Waals surface area contributed by atoms with Crippen LogP contribution >= 0.6 is 0 Å². The van der Waals surface area contributed by atoms with Gasteiger partial charge in [0.1, 0.15) is 5.73 Å². The molecule has 0 spiro atoms. The normalized spacial score (nSPS) is 20.9. The van der Waals surface area contributed by atoms with E-state index >= 15 is 0 Å². The molecule has 0 aliphatic carbocycles. The lowest BCUT2D eigenvalue weighted by atomic mass is 9.85. The average Bonchev–Trinajstić information content (AvgIpc) is 2.92. The SMILES string of the molecule is CC(Cn1cnc(C(=O)O)c1)=C(F)B1OC(C)(C)C(C)(C)O1. The van der Waals surface area contributed by atoms with Crippen molar-refractivity contribution in [3.63, 3.8) is 0 Å². The Morgan fingerprint density at radius 2 is 1.91 bits per heavy atom. The zero-order chi connectivity index (χ0) is 16.7. The van der Waals surface area contributed by atoms with Gasteiger partial charge in [-0.15, -0.1) is 0 Å². The first-order valence-corrected chi connectivity index (χ1v) is 6.99. The Hall–Kier alpha value is -1.67. The molecule has 0 bridgehead atoms. The van der Waals surface area contributed by atoms with Gasteiger partial charge in [-0.2, -0.15) is 0 Å². The van der Waals surface area contributed by atoms with E-state index in [4.69, 9.17) is 14.4 Å². The molecular weight excluding hydrogens is 290 g/mol. The minimum absolute atomic E-state index is 0.0798. The van der Waals surface area contributed by atoms with Gasteiger partial charge in [-0.05, 0) is 40.2 Å². The van der Waals surface area contributed by atoms with E-state index in [1.165, 1.54) is 17.1 Å². The smallest absolute Gasteiger partial charge is 0.476 e. The molecular formula is C14H20BFN2O4. The number of hydrogen-bond acceptors (Lipinski definition) is 4. The number of hydrogen-bond donors (Lipinski definition) is 1. The molecule has 22 heavy (non-hydrogen) atoms. The van der Waals surface area contributed by atoms with Crippen LogP contribution in [0.15, 0.2) is 23.8 Å². The Balaban J connectivity index is 2.14. The summed E-state index contributed by atoms with van der Waals surface area (Å²) in [5.74, 6) is -1.12. The number of imidazole rings is 1. The van der Waals surface area contributed by atoms with Crippen LogP contribution in [0.1, 0.15) is 45.1 Å². The zero-order valence-corrected chi connectivity index (χ0v) is 13.4. The van der Waals surface area contributed by atoms with Crippen molar-refractivity contribution >= 4 is 13.1 Å². The molecule has 6 nitrogen and oxygen atoms in total. The Morgan fingerprint density at radius 1 is 1.36 bits per heavy atom. The third kappa shape index (κ3) is 3.07. The summed E-state index contributed by atoms with van der Waals surface area (Å²) in [6, 6.07) is 0. The van der Waals surface area contributed by atoms with Gasteiger partial charge in [-0.1, -0.05) is 0 Å². The van der Waals surface area contributed by atoms with Crippen LogP contribution in [0.5, 0.6) is 0 Å². The molecule has 0 amide bonds. The maximum Gasteiger partial charge on any atom is 0.525 e. The number of aromatic nitrogens is 2. The van der Waals surface area contributed by atoms with Gasteiger partial charge < -0.3 is 19.0 Å². The van der Waals surface area contributed by atoms with Gasteiger partial charge in [-0.25, -0.2) is 14.2 Å². The van der Waals surface area contributed by atoms with E-state index in [-0.39, 0.29) is 12.2 Å². The second-order valence-corrected chi connectivity index (χ2v) is 6.45. The highest BCUT2D eigenvalue weighted by molar-refractivity contribution is 6.53. The van der Waals surface area contributed by atoms with E-state index in [0.29, 0.717) is 5.57 Å². The highest BCUT2D eigenvalue weighted by atomic mass is 19.1. The Morgan fingerprint density at radius 3 is 2.36 bits per heavy atom. The number of allylic oxidation sites excluding steroid dienone is 1. The van der Waals surface area contributed by atoms with Gasteiger partial charge in [0.25, 0.3) is 0 Å². The molecule has 0 atom stereocenters. The summed E-state index contributed by atoms with van der Waals surface area (Å²) in [6.45, 7) is 9.20. The molecule has 1 aromatic rings. The molecule has 0 radical (unpaired) electrons. The van der Waals surface area contributed by atoms with Crippen molar-refractivity contribution in [1.82, 2.24) is 9.55 Å². The third-order valence-corrected chi connectivity index (χ3v) is 4.14. The van der Waals surface area contributed by atoms with Gasteiger partial charge in [0.05, 0.1) is 17.5 Å². The van der Waals surface area contributed by atoms with Crippen LogP contribution < -0.4 is 0 Å². The molecule has 1 aromatic heterocycles. The van der Waals surface area contributed by atoms with Crippen molar-refractivity contribution < 1.29 is 23.6 Å². The number of halogens is 1. The van der Waals surface area contributed by atoms with Crippen LogP contribution in [0.25, 0.3) is 0 Å². The fourth-order valence-corrected chi connectivity index (χ4v) is 2.05. The Bertz CT molecular complexity index is 608. The van der Waals surface area contributed by atoms with E-state index < -0.39 is 30.0 Å². The van der Waals surface area contributed by atoms with Crippen molar-refractivity contribution in [2.24, 2.45) is 0 Å². The van der Waals surface area contributed by atoms with E-state index in [2.05, 4.69) is 4.98 Å². The van der Waals surface area contributed by atoms with Crippen LogP contribution in [0.2, 0.25) is 0 Å². The summed E-state index contributed by atoms with van der Waals surface area (Å²) >= 11 is 0. The first kappa shape index (κ1) is 16.7. The molecule has 1 saturated heterocycles. The van der Waals surface area contributed by atoms with Crippen LogP contribution in [0, 0.1) is 0 Å². The lowest BCUT2D eigenvalue weighted by molar-refractivity contribution is 0.00578. The molecule has 0 saturated carbocycles. The molecule has 1 aliphatic heterocycles.